The van der Waals surface area contributed by atoms with E-state index < -0.39 is 7.14 Å². The number of fused-ring (bicyclic) bond motifs is 1. The van der Waals surface area contributed by atoms with E-state index in [0.29, 0.717) is 23.8 Å². The molecule has 0 amide bonds. The summed E-state index contributed by atoms with van der Waals surface area (Å²) < 4.78 is 13.7. The molecule has 33 heavy (non-hydrogen) atoms. The van der Waals surface area contributed by atoms with Crippen LogP contribution in [0.4, 0.5) is 5.95 Å². The molecular formula is C25H31N6OP. The normalized spacial score (nSPS) is 21.7. The Morgan fingerprint density at radius 3 is 2.79 bits per heavy atom. The highest BCUT2D eigenvalue weighted by Crippen LogP contribution is 2.53. The first-order valence-corrected chi connectivity index (χ1v) is 13.8. The number of rotatable bonds is 4. The minimum atomic E-state index is -2.56. The van der Waals surface area contributed by atoms with E-state index in [4.69, 9.17) is 4.98 Å². The molecule has 0 saturated carbocycles. The van der Waals surface area contributed by atoms with Crippen LogP contribution in [-0.4, -0.2) is 46.4 Å². The summed E-state index contributed by atoms with van der Waals surface area (Å²) in [5.41, 5.74) is 4.35. The zero-order chi connectivity index (χ0) is 23.2. The highest BCUT2D eigenvalue weighted by atomic mass is 31.2. The van der Waals surface area contributed by atoms with Crippen LogP contribution in [0.1, 0.15) is 44.2 Å². The Hall–Kier alpha value is -2.68. The van der Waals surface area contributed by atoms with Crippen molar-refractivity contribution >= 4 is 29.3 Å². The van der Waals surface area contributed by atoms with Crippen molar-refractivity contribution in [3.05, 3.63) is 35.7 Å². The Labute approximate surface area is 194 Å². The van der Waals surface area contributed by atoms with Gasteiger partial charge >= 0.3 is 0 Å². The lowest BCUT2D eigenvalue weighted by atomic mass is 9.83. The van der Waals surface area contributed by atoms with Gasteiger partial charge in [0.25, 0.3) is 0 Å². The molecule has 8 heteroatoms. The summed E-state index contributed by atoms with van der Waals surface area (Å²) in [4.78, 5) is 12.8. The zero-order valence-electron chi connectivity index (χ0n) is 19.5. The van der Waals surface area contributed by atoms with E-state index in [2.05, 4.69) is 40.5 Å². The van der Waals surface area contributed by atoms with Crippen molar-refractivity contribution in [2.45, 2.75) is 46.1 Å². The highest BCUT2D eigenvalue weighted by molar-refractivity contribution is 7.72. The van der Waals surface area contributed by atoms with Gasteiger partial charge in [0.15, 0.2) is 0 Å². The van der Waals surface area contributed by atoms with E-state index in [-0.39, 0.29) is 11.5 Å². The lowest BCUT2D eigenvalue weighted by Gasteiger charge is -2.36. The summed E-state index contributed by atoms with van der Waals surface area (Å²) >= 11 is 0. The summed E-state index contributed by atoms with van der Waals surface area (Å²) in [7, 11) is -2.56. The largest absolute Gasteiger partial charge is 0.360 e. The molecule has 2 saturated heterocycles. The van der Waals surface area contributed by atoms with E-state index >= 15 is 0 Å². The molecule has 2 aliphatic heterocycles. The SMILES string of the molecule is Cc1cnc(N[C@@H]2CNCC(C)(C)C2)nc1-c1c[nH]c2c(P3(=O)CCCC3)c(C#N)ccc12. The maximum Gasteiger partial charge on any atom is 0.223 e. The minimum absolute atomic E-state index is 0.229. The number of benzene rings is 1. The third-order valence-corrected chi connectivity index (χ3v) is 10.4. The molecular weight excluding hydrogens is 431 g/mol. The molecule has 0 spiro atoms. The van der Waals surface area contributed by atoms with Gasteiger partial charge in [-0.2, -0.15) is 5.26 Å². The van der Waals surface area contributed by atoms with Gasteiger partial charge in [-0.25, -0.2) is 9.97 Å². The molecule has 0 unspecified atom stereocenters. The van der Waals surface area contributed by atoms with Crippen molar-refractivity contribution in [2.24, 2.45) is 5.41 Å². The number of aromatic amines is 1. The fourth-order valence-corrected chi connectivity index (χ4v) is 8.72. The van der Waals surface area contributed by atoms with Crippen molar-refractivity contribution in [1.29, 1.82) is 5.26 Å². The molecule has 0 aliphatic carbocycles. The molecule has 2 aliphatic rings. The second-order valence-corrected chi connectivity index (χ2v) is 13.4. The monoisotopic (exact) mass is 462 g/mol. The summed E-state index contributed by atoms with van der Waals surface area (Å²) in [5.74, 6) is 0.618. The average molecular weight is 463 g/mol. The van der Waals surface area contributed by atoms with Crippen molar-refractivity contribution in [3.63, 3.8) is 0 Å². The van der Waals surface area contributed by atoms with Crippen molar-refractivity contribution in [3.8, 4) is 17.3 Å². The number of nitriles is 1. The van der Waals surface area contributed by atoms with Gasteiger partial charge in [-0.05, 0) is 43.2 Å². The third kappa shape index (κ3) is 4.07. The second kappa shape index (κ2) is 8.27. The number of H-pyrrole nitrogens is 1. The second-order valence-electron chi connectivity index (χ2n) is 10.3. The first-order chi connectivity index (χ1) is 15.8. The molecule has 3 N–H and O–H groups in total. The summed E-state index contributed by atoms with van der Waals surface area (Å²) in [6, 6.07) is 6.32. The molecule has 2 fully saturated rings. The van der Waals surface area contributed by atoms with Gasteiger partial charge < -0.3 is 20.2 Å². The summed E-state index contributed by atoms with van der Waals surface area (Å²) in [6.07, 6.45) is 8.12. The average Bonchev–Trinajstić information content (AvgIpc) is 3.40. The first-order valence-electron chi connectivity index (χ1n) is 11.7. The molecule has 7 nitrogen and oxygen atoms in total. The number of aromatic nitrogens is 3. The standard InChI is InChI=1S/C25H31N6OP/c1-16-12-29-24(30-18-10-25(2,3)15-27-13-18)31-21(16)20-14-28-22-19(20)7-6-17(11-26)23(22)33(32)8-4-5-9-33/h6-7,12,14,18,27-28H,4-5,8-10,13,15H2,1-3H3,(H,29,30,31)/t18-/m0/s1. The summed E-state index contributed by atoms with van der Waals surface area (Å²) in [5, 5.41) is 18.4. The van der Waals surface area contributed by atoms with Crippen molar-refractivity contribution < 1.29 is 4.57 Å². The van der Waals surface area contributed by atoms with Gasteiger partial charge in [-0.3, -0.25) is 0 Å². The van der Waals surface area contributed by atoms with Crippen LogP contribution in [-0.2, 0) is 4.57 Å². The maximum atomic E-state index is 13.7. The van der Waals surface area contributed by atoms with E-state index in [9.17, 15) is 9.83 Å². The topological polar surface area (TPSA) is 106 Å². The quantitative estimate of drug-likeness (QED) is 0.497. The molecule has 1 aromatic carbocycles. The van der Waals surface area contributed by atoms with Crippen LogP contribution in [0.5, 0.6) is 0 Å². The van der Waals surface area contributed by atoms with Crippen LogP contribution in [0.3, 0.4) is 0 Å². The fourth-order valence-electron chi connectivity index (χ4n) is 5.43. The predicted molar refractivity (Wildman–Crippen MR) is 134 cm³/mol. The van der Waals surface area contributed by atoms with Gasteiger partial charge in [-0.15, -0.1) is 0 Å². The van der Waals surface area contributed by atoms with Crippen molar-refractivity contribution in [1.82, 2.24) is 20.3 Å². The maximum absolute atomic E-state index is 13.7. The number of anilines is 1. The molecule has 2 aromatic heterocycles. The van der Waals surface area contributed by atoms with Crippen LogP contribution in [0, 0.1) is 23.7 Å². The lowest BCUT2D eigenvalue weighted by molar-refractivity contribution is 0.249. The van der Waals surface area contributed by atoms with Gasteiger partial charge in [0, 0.05) is 54.8 Å². The number of aryl methyl sites for hydroxylation is 1. The molecule has 0 bridgehead atoms. The number of piperidine rings is 1. The van der Waals surface area contributed by atoms with Gasteiger partial charge in [0.1, 0.15) is 7.14 Å². The van der Waals surface area contributed by atoms with E-state index in [1.165, 1.54) is 0 Å². The molecule has 4 heterocycles. The van der Waals surface area contributed by atoms with Gasteiger partial charge in [0.05, 0.1) is 28.1 Å². The third-order valence-electron chi connectivity index (χ3n) is 7.00. The number of nitrogens with zero attached hydrogens (tertiary/aromatic N) is 3. The fraction of sp³-hybridized carbons (Fsp3) is 0.480. The van der Waals surface area contributed by atoms with Crippen LogP contribution < -0.4 is 15.9 Å². The number of hydrogen-bond donors (Lipinski definition) is 3. The van der Waals surface area contributed by atoms with E-state index in [0.717, 1.165) is 65.4 Å². The molecule has 1 atom stereocenters. The van der Waals surface area contributed by atoms with E-state index in [1.54, 1.807) is 0 Å². The number of hydrogen-bond acceptors (Lipinski definition) is 6. The lowest BCUT2D eigenvalue weighted by Crippen LogP contribution is -2.47. The zero-order valence-corrected chi connectivity index (χ0v) is 20.4. The molecule has 3 aromatic rings. The van der Waals surface area contributed by atoms with E-state index in [1.807, 2.05) is 31.5 Å². The predicted octanol–water partition coefficient (Wildman–Crippen LogP) is 4.39. The van der Waals surface area contributed by atoms with Crippen LogP contribution in [0.2, 0.25) is 0 Å². The molecule has 0 radical (unpaired) electrons. The molecule has 172 valence electrons. The van der Waals surface area contributed by atoms with Gasteiger partial charge in [0.2, 0.25) is 5.95 Å². The van der Waals surface area contributed by atoms with Gasteiger partial charge in [-0.1, -0.05) is 19.9 Å². The smallest absolute Gasteiger partial charge is 0.223 e. The first kappa shape index (κ1) is 22.1. The Morgan fingerprint density at radius 2 is 2.06 bits per heavy atom. The van der Waals surface area contributed by atoms with Crippen molar-refractivity contribution in [2.75, 3.05) is 30.7 Å². The Kier molecular flexibility index (Phi) is 5.55. The van der Waals surface area contributed by atoms with Crippen LogP contribution in [0.25, 0.3) is 22.2 Å². The Morgan fingerprint density at radius 1 is 1.27 bits per heavy atom. The Balaban J connectivity index is 1.55. The summed E-state index contributed by atoms with van der Waals surface area (Å²) in [6.45, 7) is 8.44. The highest BCUT2D eigenvalue weighted by Gasteiger charge is 2.34. The van der Waals surface area contributed by atoms with Crippen LogP contribution >= 0.6 is 7.14 Å². The number of nitrogens with one attached hydrogen (secondary N) is 3. The van der Waals surface area contributed by atoms with Crippen LogP contribution in [0.15, 0.2) is 24.5 Å². The minimum Gasteiger partial charge on any atom is -0.360 e. The Bertz CT molecular complexity index is 1290. The molecule has 5 rings (SSSR count).